The maximum Gasteiger partial charge on any atom is 0.338 e. The van der Waals surface area contributed by atoms with Crippen LogP contribution in [0.15, 0.2) is 18.2 Å². The van der Waals surface area contributed by atoms with Gasteiger partial charge < -0.3 is 9.66 Å². The zero-order chi connectivity index (χ0) is 19.6. The smallest absolute Gasteiger partial charge is 0.338 e. The van der Waals surface area contributed by atoms with Crippen molar-refractivity contribution < 1.29 is 32.0 Å². The van der Waals surface area contributed by atoms with Crippen LogP contribution in [0.3, 0.4) is 0 Å². The highest BCUT2D eigenvalue weighted by atomic mass is 32.2. The van der Waals surface area contributed by atoms with Gasteiger partial charge in [-0.05, 0) is 33.8 Å². The van der Waals surface area contributed by atoms with Crippen molar-refractivity contribution in [3.05, 3.63) is 35.4 Å². The van der Waals surface area contributed by atoms with Crippen molar-refractivity contribution in [2.45, 2.75) is 56.7 Å². The number of hydrogen-bond donors (Lipinski definition) is 2. The van der Waals surface area contributed by atoms with E-state index in [2.05, 4.69) is 4.72 Å². The molecule has 1 aromatic rings. The Morgan fingerprint density at radius 3 is 2.32 bits per heavy atom. The number of alkyl halides is 2. The first-order valence-corrected chi connectivity index (χ1v) is 8.60. The fraction of sp³-hybridized carbons (Fsp3) is 0.562. The molecule has 0 heterocycles. The molecule has 0 fully saturated rings. The Labute approximate surface area is 146 Å². The minimum Gasteiger partial charge on any atom is -0.598 e. The van der Waals surface area contributed by atoms with Gasteiger partial charge in [0.2, 0.25) is 0 Å². The summed E-state index contributed by atoms with van der Waals surface area (Å²) >= 11 is -1.92. The first-order chi connectivity index (χ1) is 11.3. The van der Waals surface area contributed by atoms with Crippen LogP contribution in [0.5, 0.6) is 0 Å². The summed E-state index contributed by atoms with van der Waals surface area (Å²) in [5.74, 6) is -4.51. The summed E-state index contributed by atoms with van der Waals surface area (Å²) in [6, 6.07) is 3.03. The van der Waals surface area contributed by atoms with Gasteiger partial charge in [-0.1, -0.05) is 12.1 Å². The maximum atomic E-state index is 14.8. The molecule has 9 heteroatoms. The lowest BCUT2D eigenvalue weighted by molar-refractivity contribution is -0.143. The summed E-state index contributed by atoms with van der Waals surface area (Å²) in [4.78, 5) is 10.6. The lowest BCUT2D eigenvalue weighted by Gasteiger charge is -2.37. The lowest BCUT2D eigenvalue weighted by atomic mass is 9.85. The second kappa shape index (κ2) is 7.92. The topological polar surface area (TPSA) is 72.4 Å². The molecule has 0 saturated carbocycles. The van der Waals surface area contributed by atoms with Crippen LogP contribution < -0.4 is 4.72 Å². The van der Waals surface area contributed by atoms with Gasteiger partial charge in [0.1, 0.15) is 16.5 Å². The molecule has 0 amide bonds. The third-order valence-electron chi connectivity index (χ3n) is 3.68. The molecular formula is C16H21F4NO3S. The number of nitrogens with one attached hydrogen (secondary N) is 1. The SMILES string of the molecule is CC(N[S@+]([O-])C(C)(C)C)(c1cccc(F)c1F)[C@@H](F)CC(F)C(=O)O. The summed E-state index contributed by atoms with van der Waals surface area (Å²) in [5, 5.41) is 8.62. The number of carbonyl (C=O) groups is 1. The van der Waals surface area contributed by atoms with Crippen LogP contribution in [-0.2, 0) is 21.7 Å². The average Bonchev–Trinajstić information content (AvgIpc) is 2.48. The second-order valence-electron chi connectivity index (χ2n) is 6.80. The van der Waals surface area contributed by atoms with Gasteiger partial charge in [-0.15, -0.1) is 4.72 Å². The highest BCUT2D eigenvalue weighted by molar-refractivity contribution is 7.90. The monoisotopic (exact) mass is 383 g/mol. The average molecular weight is 383 g/mol. The highest BCUT2D eigenvalue weighted by Crippen LogP contribution is 2.35. The summed E-state index contributed by atoms with van der Waals surface area (Å²) in [6.45, 7) is 5.80. The quantitative estimate of drug-likeness (QED) is 0.559. The highest BCUT2D eigenvalue weighted by Gasteiger charge is 2.46. The van der Waals surface area contributed by atoms with Crippen molar-refractivity contribution in [3.63, 3.8) is 0 Å². The molecule has 0 aliphatic heterocycles. The lowest BCUT2D eigenvalue weighted by Crippen LogP contribution is -2.55. The molecule has 0 aliphatic rings. The minimum absolute atomic E-state index is 0.504. The largest absolute Gasteiger partial charge is 0.598 e. The molecule has 0 bridgehead atoms. The van der Waals surface area contributed by atoms with Gasteiger partial charge in [0.05, 0.1) is 0 Å². The van der Waals surface area contributed by atoms with E-state index in [1.54, 1.807) is 20.8 Å². The zero-order valence-corrected chi connectivity index (χ0v) is 15.1. The van der Waals surface area contributed by atoms with Gasteiger partial charge in [0.15, 0.2) is 17.8 Å². The summed E-state index contributed by atoms with van der Waals surface area (Å²) in [6.07, 6.45) is -5.95. The second-order valence-corrected chi connectivity index (χ2v) is 8.76. The first-order valence-electron chi connectivity index (χ1n) is 7.45. The molecule has 0 aromatic heterocycles. The Balaban J connectivity index is 3.35. The summed E-state index contributed by atoms with van der Waals surface area (Å²) in [5.41, 5.74) is -2.61. The number of hydrogen-bond acceptors (Lipinski definition) is 3. The number of carboxylic acids is 1. The molecule has 1 rings (SSSR count). The normalized spacial score (nSPS) is 18.3. The molecule has 2 unspecified atom stereocenters. The predicted octanol–water partition coefficient (Wildman–Crippen LogP) is 3.38. The Hall–Kier alpha value is -1.32. The number of rotatable bonds is 7. The molecule has 0 saturated heterocycles. The number of benzene rings is 1. The van der Waals surface area contributed by atoms with Crippen molar-refractivity contribution in [3.8, 4) is 0 Å². The van der Waals surface area contributed by atoms with E-state index in [9.17, 15) is 26.9 Å². The van der Waals surface area contributed by atoms with Crippen molar-refractivity contribution in [1.29, 1.82) is 0 Å². The minimum atomic E-state index is -2.55. The van der Waals surface area contributed by atoms with E-state index >= 15 is 0 Å². The van der Waals surface area contributed by atoms with Gasteiger partial charge in [-0.25, -0.2) is 22.4 Å². The summed E-state index contributed by atoms with van der Waals surface area (Å²) < 4.78 is 69.9. The van der Waals surface area contributed by atoms with E-state index in [1.165, 1.54) is 0 Å². The maximum absolute atomic E-state index is 14.8. The van der Waals surface area contributed by atoms with Gasteiger partial charge in [-0.2, -0.15) is 0 Å². The predicted molar refractivity (Wildman–Crippen MR) is 86.8 cm³/mol. The van der Waals surface area contributed by atoms with E-state index < -0.39 is 63.6 Å². The molecule has 142 valence electrons. The van der Waals surface area contributed by atoms with E-state index in [0.717, 1.165) is 25.1 Å². The number of carboxylic acid groups (broad SMARTS) is 1. The molecule has 1 aromatic carbocycles. The molecule has 0 aliphatic carbocycles. The first kappa shape index (κ1) is 21.7. The van der Waals surface area contributed by atoms with Crippen molar-refractivity contribution in [2.75, 3.05) is 0 Å². The van der Waals surface area contributed by atoms with E-state index in [-0.39, 0.29) is 0 Å². The molecule has 0 radical (unpaired) electrons. The van der Waals surface area contributed by atoms with Crippen LogP contribution in [0.1, 0.15) is 39.7 Å². The molecule has 25 heavy (non-hydrogen) atoms. The van der Waals surface area contributed by atoms with Crippen LogP contribution >= 0.6 is 0 Å². The van der Waals surface area contributed by atoms with Gasteiger partial charge >= 0.3 is 5.97 Å². The Morgan fingerprint density at radius 1 is 1.28 bits per heavy atom. The van der Waals surface area contributed by atoms with E-state index in [1.807, 2.05) is 0 Å². The van der Waals surface area contributed by atoms with Crippen molar-refractivity contribution in [2.24, 2.45) is 0 Å². The van der Waals surface area contributed by atoms with Crippen LogP contribution in [0.25, 0.3) is 0 Å². The molecule has 4 nitrogen and oxygen atoms in total. The number of aliphatic carboxylic acids is 1. The van der Waals surface area contributed by atoms with Crippen LogP contribution in [0.2, 0.25) is 0 Å². The van der Waals surface area contributed by atoms with Crippen molar-refractivity contribution in [1.82, 2.24) is 4.72 Å². The Kier molecular flexibility index (Phi) is 6.88. The van der Waals surface area contributed by atoms with Gasteiger partial charge in [0.25, 0.3) is 0 Å². The fourth-order valence-corrected chi connectivity index (χ4v) is 2.99. The third-order valence-corrected chi connectivity index (χ3v) is 5.40. The van der Waals surface area contributed by atoms with Crippen LogP contribution in [0.4, 0.5) is 17.6 Å². The standard InChI is InChI=1S/C16H21F4NO3S/c1-15(2,3)25(24)21-16(4,12(19)8-11(18)14(22)23)9-6-5-7-10(17)13(9)20/h5-7,11-12,21H,8H2,1-4H3,(H,22,23)/t11?,12-,16?,25+/m0/s1. The number of halogens is 4. The summed E-state index contributed by atoms with van der Waals surface area (Å²) in [7, 11) is 0. The molecule has 0 spiro atoms. The third kappa shape index (κ3) is 5.08. The van der Waals surface area contributed by atoms with E-state index in [4.69, 9.17) is 5.11 Å². The van der Waals surface area contributed by atoms with Crippen LogP contribution in [-0.4, -0.2) is 32.7 Å². The van der Waals surface area contributed by atoms with Gasteiger partial charge in [-0.3, -0.25) is 0 Å². The van der Waals surface area contributed by atoms with Crippen LogP contribution in [0, 0.1) is 11.6 Å². The Bertz CT molecular complexity index is 626. The fourth-order valence-electron chi connectivity index (χ4n) is 2.06. The van der Waals surface area contributed by atoms with Crippen molar-refractivity contribution >= 4 is 17.3 Å². The zero-order valence-electron chi connectivity index (χ0n) is 14.3. The Morgan fingerprint density at radius 2 is 1.84 bits per heavy atom. The molecule has 4 atom stereocenters. The molecular weight excluding hydrogens is 362 g/mol. The van der Waals surface area contributed by atoms with E-state index in [0.29, 0.717) is 0 Å². The van der Waals surface area contributed by atoms with Gasteiger partial charge in [0, 0.05) is 23.3 Å². The molecule has 2 N–H and O–H groups in total.